The third kappa shape index (κ3) is 3.66. The maximum Gasteiger partial charge on any atom is 0.220 e. The van der Waals surface area contributed by atoms with Gasteiger partial charge in [-0.15, -0.1) is 0 Å². The molecule has 1 rings (SSSR count). The number of amides is 1. The zero-order valence-corrected chi connectivity index (χ0v) is 9.52. The lowest BCUT2D eigenvalue weighted by atomic mass is 9.92. The third-order valence-corrected chi connectivity index (χ3v) is 2.74. The van der Waals surface area contributed by atoms with Gasteiger partial charge in [-0.3, -0.25) is 4.79 Å². The standard InChI is InChI=1S/C11H22N2O/c1-10(2,3)6-9(14)13-8-11(7-12)4-5-11/h4-8,12H2,1-3H3,(H,13,14). The Bertz CT molecular complexity index is 214. The summed E-state index contributed by atoms with van der Waals surface area (Å²) in [5.41, 5.74) is 5.95. The van der Waals surface area contributed by atoms with Crippen molar-refractivity contribution in [2.45, 2.75) is 40.0 Å². The van der Waals surface area contributed by atoms with Crippen LogP contribution >= 0.6 is 0 Å². The number of carbonyl (C=O) groups excluding carboxylic acids is 1. The lowest BCUT2D eigenvalue weighted by molar-refractivity contribution is -0.123. The van der Waals surface area contributed by atoms with E-state index in [0.29, 0.717) is 13.0 Å². The molecule has 0 atom stereocenters. The van der Waals surface area contributed by atoms with Gasteiger partial charge in [-0.2, -0.15) is 0 Å². The SMILES string of the molecule is CC(C)(C)CC(=O)NCC1(CN)CC1. The van der Waals surface area contributed by atoms with Crippen molar-refractivity contribution in [2.24, 2.45) is 16.6 Å². The fourth-order valence-corrected chi connectivity index (χ4v) is 1.46. The zero-order valence-electron chi connectivity index (χ0n) is 9.52. The smallest absolute Gasteiger partial charge is 0.220 e. The highest BCUT2D eigenvalue weighted by atomic mass is 16.1. The highest BCUT2D eigenvalue weighted by Gasteiger charge is 2.41. The molecule has 1 aliphatic rings. The molecule has 0 aromatic heterocycles. The van der Waals surface area contributed by atoms with Gasteiger partial charge in [0.2, 0.25) is 5.91 Å². The summed E-state index contributed by atoms with van der Waals surface area (Å²) in [6.45, 7) is 7.68. The summed E-state index contributed by atoms with van der Waals surface area (Å²) >= 11 is 0. The first-order valence-corrected chi connectivity index (χ1v) is 5.34. The summed E-state index contributed by atoms with van der Waals surface area (Å²) in [6, 6.07) is 0. The quantitative estimate of drug-likeness (QED) is 0.715. The predicted octanol–water partition coefficient (Wildman–Crippen LogP) is 1.28. The molecule has 0 radical (unpaired) electrons. The summed E-state index contributed by atoms with van der Waals surface area (Å²) in [4.78, 5) is 11.5. The molecule has 0 heterocycles. The second-order valence-electron chi connectivity index (χ2n) is 5.72. The summed E-state index contributed by atoms with van der Waals surface area (Å²) in [5, 5.41) is 2.97. The molecule has 0 saturated heterocycles. The topological polar surface area (TPSA) is 55.1 Å². The average molecular weight is 198 g/mol. The molecule has 1 amide bonds. The van der Waals surface area contributed by atoms with Crippen molar-refractivity contribution in [2.75, 3.05) is 13.1 Å². The Morgan fingerprint density at radius 2 is 2.00 bits per heavy atom. The van der Waals surface area contributed by atoms with Gasteiger partial charge < -0.3 is 11.1 Å². The maximum absolute atomic E-state index is 11.5. The molecular formula is C11H22N2O. The van der Waals surface area contributed by atoms with Crippen molar-refractivity contribution in [3.05, 3.63) is 0 Å². The molecule has 14 heavy (non-hydrogen) atoms. The predicted molar refractivity (Wildman–Crippen MR) is 57.8 cm³/mol. The average Bonchev–Trinajstić information content (AvgIpc) is 2.78. The molecule has 3 nitrogen and oxygen atoms in total. The molecule has 82 valence electrons. The van der Waals surface area contributed by atoms with Gasteiger partial charge in [-0.05, 0) is 30.2 Å². The molecule has 3 heteroatoms. The van der Waals surface area contributed by atoms with E-state index >= 15 is 0 Å². The highest BCUT2D eigenvalue weighted by Crippen LogP contribution is 2.43. The fourth-order valence-electron chi connectivity index (χ4n) is 1.46. The molecule has 1 fully saturated rings. The van der Waals surface area contributed by atoms with Gasteiger partial charge in [0.05, 0.1) is 0 Å². The first-order valence-electron chi connectivity index (χ1n) is 5.34. The van der Waals surface area contributed by atoms with Crippen LogP contribution in [0.15, 0.2) is 0 Å². The van der Waals surface area contributed by atoms with Gasteiger partial charge in [0.25, 0.3) is 0 Å². The summed E-state index contributed by atoms with van der Waals surface area (Å²) in [7, 11) is 0. The first kappa shape index (κ1) is 11.5. The monoisotopic (exact) mass is 198 g/mol. The number of hydrogen-bond acceptors (Lipinski definition) is 2. The molecule has 0 unspecified atom stereocenters. The third-order valence-electron chi connectivity index (χ3n) is 2.74. The zero-order chi connectivity index (χ0) is 10.8. The van der Waals surface area contributed by atoms with Gasteiger partial charge >= 0.3 is 0 Å². The van der Waals surface area contributed by atoms with E-state index in [0.717, 1.165) is 6.54 Å². The minimum absolute atomic E-state index is 0.0729. The van der Waals surface area contributed by atoms with Crippen molar-refractivity contribution in [3.63, 3.8) is 0 Å². The van der Waals surface area contributed by atoms with E-state index in [4.69, 9.17) is 5.73 Å². The highest BCUT2D eigenvalue weighted by molar-refractivity contribution is 5.76. The second-order valence-corrected chi connectivity index (χ2v) is 5.72. The van der Waals surface area contributed by atoms with Crippen LogP contribution in [0.2, 0.25) is 0 Å². The van der Waals surface area contributed by atoms with Crippen LogP contribution in [0, 0.1) is 10.8 Å². The number of nitrogens with one attached hydrogen (secondary N) is 1. The van der Waals surface area contributed by atoms with Crippen molar-refractivity contribution in [3.8, 4) is 0 Å². The number of rotatable bonds is 4. The Morgan fingerprint density at radius 1 is 1.43 bits per heavy atom. The van der Waals surface area contributed by atoms with Crippen molar-refractivity contribution >= 4 is 5.91 Å². The van der Waals surface area contributed by atoms with Crippen molar-refractivity contribution < 1.29 is 4.79 Å². The van der Waals surface area contributed by atoms with Gasteiger partial charge in [-0.1, -0.05) is 20.8 Å². The van der Waals surface area contributed by atoms with Gasteiger partial charge in [0.1, 0.15) is 0 Å². The Labute approximate surface area is 86.4 Å². The Kier molecular flexibility index (Phi) is 3.20. The summed E-state index contributed by atoms with van der Waals surface area (Å²) in [5.74, 6) is 0.150. The minimum Gasteiger partial charge on any atom is -0.355 e. The summed E-state index contributed by atoms with van der Waals surface area (Å²) < 4.78 is 0. The number of nitrogens with two attached hydrogens (primary N) is 1. The van der Waals surface area contributed by atoms with Crippen molar-refractivity contribution in [1.82, 2.24) is 5.32 Å². The molecule has 0 aliphatic heterocycles. The first-order chi connectivity index (χ1) is 6.37. The van der Waals surface area contributed by atoms with E-state index in [1.54, 1.807) is 0 Å². The van der Waals surface area contributed by atoms with Gasteiger partial charge in [0, 0.05) is 13.0 Å². The molecule has 0 aromatic carbocycles. The lowest BCUT2D eigenvalue weighted by Gasteiger charge is -2.19. The fraction of sp³-hybridized carbons (Fsp3) is 0.909. The number of carbonyl (C=O) groups is 1. The Hall–Kier alpha value is -0.570. The molecule has 0 bridgehead atoms. The molecule has 1 saturated carbocycles. The van der Waals surface area contributed by atoms with E-state index < -0.39 is 0 Å². The maximum atomic E-state index is 11.5. The van der Waals surface area contributed by atoms with Gasteiger partial charge in [0.15, 0.2) is 0 Å². The molecular weight excluding hydrogens is 176 g/mol. The van der Waals surface area contributed by atoms with Crippen LogP contribution < -0.4 is 11.1 Å². The van der Waals surface area contributed by atoms with Crippen LogP contribution in [0.25, 0.3) is 0 Å². The molecule has 0 aromatic rings. The van der Waals surface area contributed by atoms with Crippen LogP contribution in [-0.2, 0) is 4.79 Å². The van der Waals surface area contributed by atoms with E-state index in [9.17, 15) is 4.79 Å². The Morgan fingerprint density at radius 3 is 2.36 bits per heavy atom. The van der Waals surface area contributed by atoms with Crippen LogP contribution in [0.5, 0.6) is 0 Å². The lowest BCUT2D eigenvalue weighted by Crippen LogP contribution is -2.35. The summed E-state index contributed by atoms with van der Waals surface area (Å²) in [6.07, 6.45) is 2.92. The normalized spacial score (nSPS) is 19.1. The van der Waals surface area contributed by atoms with E-state index in [1.165, 1.54) is 12.8 Å². The molecule has 0 spiro atoms. The molecule has 1 aliphatic carbocycles. The van der Waals surface area contributed by atoms with E-state index in [-0.39, 0.29) is 16.7 Å². The van der Waals surface area contributed by atoms with Crippen LogP contribution in [-0.4, -0.2) is 19.0 Å². The van der Waals surface area contributed by atoms with Gasteiger partial charge in [-0.25, -0.2) is 0 Å². The van der Waals surface area contributed by atoms with Crippen LogP contribution in [0.4, 0.5) is 0 Å². The molecule has 3 N–H and O–H groups in total. The van der Waals surface area contributed by atoms with E-state index in [2.05, 4.69) is 26.1 Å². The Balaban J connectivity index is 2.22. The second kappa shape index (κ2) is 3.89. The van der Waals surface area contributed by atoms with Crippen LogP contribution in [0.3, 0.4) is 0 Å². The van der Waals surface area contributed by atoms with Crippen LogP contribution in [0.1, 0.15) is 40.0 Å². The largest absolute Gasteiger partial charge is 0.355 e. The van der Waals surface area contributed by atoms with E-state index in [1.807, 2.05) is 0 Å². The van der Waals surface area contributed by atoms with Crippen molar-refractivity contribution in [1.29, 1.82) is 0 Å². The minimum atomic E-state index is 0.0729. The number of hydrogen-bond donors (Lipinski definition) is 2.